The van der Waals surface area contributed by atoms with Crippen LogP contribution in [0.4, 0.5) is 8.78 Å². The van der Waals surface area contributed by atoms with E-state index in [-0.39, 0.29) is 5.56 Å². The van der Waals surface area contributed by atoms with Crippen LogP contribution in [-0.4, -0.2) is 50.3 Å². The zero-order chi connectivity index (χ0) is 33.2. The van der Waals surface area contributed by atoms with Gasteiger partial charge in [0.15, 0.2) is 0 Å². The number of hydrogen-bond acceptors (Lipinski definition) is 4. The molecule has 6 heteroatoms. The lowest BCUT2D eigenvalue weighted by Crippen LogP contribution is -2.37. The molecule has 0 aliphatic carbocycles. The summed E-state index contributed by atoms with van der Waals surface area (Å²) < 4.78 is 25.2. The van der Waals surface area contributed by atoms with E-state index < -0.39 is 5.92 Å². The highest BCUT2D eigenvalue weighted by Gasteiger charge is 2.23. The number of rotatable bonds is 9. The standard InChI is InChI=1S/C25H37N3.C9H10F2.C2H4.CH2O/c1-8-19(2)22(5)28(7)25(26-18-23-13-15-27(6)16-14-23)17-21(4)24-12-10-9-11-20(24)3;1-7-3-5-8(6-4-7)9(2,10)11;2*1-2/h8-12,17,23,26H,1,4,13-16,18H2,2-3,5-7H3;3-6H,1-2H3;1-2H2;1H2/b22-19-,25-17-;;;. The van der Waals surface area contributed by atoms with Crippen molar-refractivity contribution in [1.82, 2.24) is 15.1 Å². The summed E-state index contributed by atoms with van der Waals surface area (Å²) in [6.07, 6.45) is 6.59. The van der Waals surface area contributed by atoms with Crippen molar-refractivity contribution in [1.29, 1.82) is 0 Å². The minimum absolute atomic E-state index is 0.0723. The van der Waals surface area contributed by atoms with Gasteiger partial charge >= 0.3 is 0 Å². The SMILES string of the molecule is C=C.C=C/C(C)=C(/C)N(C)/C(=C\C(=C)c1ccccc1C)NCC1CCN(C)CC1.C=O.Cc1ccc(C(C)(F)F)cc1. The van der Waals surface area contributed by atoms with Crippen LogP contribution < -0.4 is 5.32 Å². The normalized spacial score (nSPS) is 14.3. The molecular weight excluding hydrogens is 540 g/mol. The summed E-state index contributed by atoms with van der Waals surface area (Å²) >= 11 is 0. The Morgan fingerprint density at radius 2 is 1.58 bits per heavy atom. The van der Waals surface area contributed by atoms with E-state index in [1.807, 2.05) is 19.8 Å². The smallest absolute Gasteiger partial charge is 0.270 e. The fraction of sp³-hybridized carbons (Fsp3) is 0.378. The summed E-state index contributed by atoms with van der Waals surface area (Å²) in [7, 11) is 4.32. The maximum Gasteiger partial charge on any atom is 0.270 e. The van der Waals surface area contributed by atoms with Gasteiger partial charge in [0.2, 0.25) is 0 Å². The van der Waals surface area contributed by atoms with Gasteiger partial charge in [0, 0.05) is 31.8 Å². The number of allylic oxidation sites excluding steroid dienone is 5. The third-order valence-electron chi connectivity index (χ3n) is 7.51. The van der Waals surface area contributed by atoms with Crippen molar-refractivity contribution in [2.45, 2.75) is 53.4 Å². The van der Waals surface area contributed by atoms with Gasteiger partial charge in [-0.1, -0.05) is 73.3 Å². The van der Waals surface area contributed by atoms with Crippen LogP contribution in [0.2, 0.25) is 0 Å². The fourth-order valence-corrected chi connectivity index (χ4v) is 4.40. The maximum absolute atomic E-state index is 12.6. The van der Waals surface area contributed by atoms with Crippen LogP contribution in [-0.2, 0) is 10.7 Å². The Kier molecular flexibility index (Phi) is 18.4. The number of carbonyl (C=O) groups excluding carboxylic acids is 1. The zero-order valence-corrected chi connectivity index (χ0v) is 27.5. The number of likely N-dealkylation sites (tertiary alicyclic amines) is 1. The number of alkyl halides is 2. The van der Waals surface area contributed by atoms with E-state index in [2.05, 4.69) is 107 Å². The number of nitrogens with zero attached hydrogens (tertiary/aromatic N) is 2. The van der Waals surface area contributed by atoms with Crippen molar-refractivity contribution in [3.63, 3.8) is 0 Å². The molecule has 236 valence electrons. The Balaban J connectivity index is 0.000000977. The number of aryl methyl sites for hydroxylation is 2. The molecular formula is C37H53F2N3O. The number of piperidine rings is 1. The van der Waals surface area contributed by atoms with Gasteiger partial charge in [0.25, 0.3) is 5.92 Å². The minimum Gasteiger partial charge on any atom is -0.371 e. The lowest BCUT2D eigenvalue weighted by atomic mass is 9.97. The second-order valence-corrected chi connectivity index (χ2v) is 10.8. The lowest BCUT2D eigenvalue weighted by Gasteiger charge is -2.32. The Bertz CT molecular complexity index is 1190. The predicted octanol–water partition coefficient (Wildman–Crippen LogP) is 8.92. The van der Waals surface area contributed by atoms with Crippen LogP contribution in [0.3, 0.4) is 0 Å². The van der Waals surface area contributed by atoms with Crippen molar-refractivity contribution in [3.05, 3.63) is 126 Å². The first-order chi connectivity index (χ1) is 20.3. The Morgan fingerprint density at radius 3 is 2.07 bits per heavy atom. The molecule has 1 fully saturated rings. The summed E-state index contributed by atoms with van der Waals surface area (Å²) in [6, 6.07) is 14.7. The number of carbonyl (C=O) groups is 1. The lowest BCUT2D eigenvalue weighted by molar-refractivity contribution is -0.0980. The quantitative estimate of drug-likeness (QED) is 0.233. The van der Waals surface area contributed by atoms with Crippen LogP contribution in [0.1, 0.15) is 55.9 Å². The monoisotopic (exact) mass is 593 g/mol. The second kappa shape index (κ2) is 20.2. The van der Waals surface area contributed by atoms with Crippen LogP contribution in [0.5, 0.6) is 0 Å². The second-order valence-electron chi connectivity index (χ2n) is 10.8. The molecule has 0 aromatic heterocycles. The molecule has 2 aromatic rings. The average Bonchev–Trinajstić information content (AvgIpc) is 3.01. The molecule has 0 unspecified atom stereocenters. The van der Waals surface area contributed by atoms with Gasteiger partial charge in [-0.3, -0.25) is 0 Å². The van der Waals surface area contributed by atoms with Gasteiger partial charge in [-0.2, -0.15) is 0 Å². The third-order valence-corrected chi connectivity index (χ3v) is 7.51. The molecule has 4 nitrogen and oxygen atoms in total. The summed E-state index contributed by atoms with van der Waals surface area (Å²) in [5.41, 5.74) is 6.90. The van der Waals surface area contributed by atoms with Gasteiger partial charge in [0.05, 0.1) is 0 Å². The molecule has 1 N–H and O–H groups in total. The van der Waals surface area contributed by atoms with Gasteiger partial charge in [-0.05, 0) is 94.9 Å². The number of halogens is 2. The van der Waals surface area contributed by atoms with Crippen molar-refractivity contribution in [2.24, 2.45) is 5.92 Å². The molecule has 0 spiro atoms. The summed E-state index contributed by atoms with van der Waals surface area (Å²) in [6.45, 7) is 28.8. The van der Waals surface area contributed by atoms with Crippen LogP contribution in [0.25, 0.3) is 5.57 Å². The molecule has 43 heavy (non-hydrogen) atoms. The molecule has 1 aliphatic heterocycles. The highest BCUT2D eigenvalue weighted by Crippen LogP contribution is 2.26. The van der Waals surface area contributed by atoms with Gasteiger partial charge in [-0.15, -0.1) is 13.2 Å². The van der Waals surface area contributed by atoms with Crippen LogP contribution in [0.15, 0.2) is 104 Å². The third kappa shape index (κ3) is 13.8. The molecule has 2 aromatic carbocycles. The summed E-state index contributed by atoms with van der Waals surface area (Å²) in [4.78, 5) is 12.6. The van der Waals surface area contributed by atoms with Crippen molar-refractivity contribution >= 4 is 12.4 Å². The van der Waals surface area contributed by atoms with E-state index in [0.717, 1.165) is 30.4 Å². The molecule has 0 bridgehead atoms. The van der Waals surface area contributed by atoms with E-state index in [0.29, 0.717) is 5.92 Å². The molecule has 0 amide bonds. The van der Waals surface area contributed by atoms with Crippen molar-refractivity contribution in [3.8, 4) is 0 Å². The Labute approximate surface area is 260 Å². The fourth-order valence-electron chi connectivity index (χ4n) is 4.40. The highest BCUT2D eigenvalue weighted by molar-refractivity contribution is 5.74. The zero-order valence-electron chi connectivity index (χ0n) is 27.5. The van der Waals surface area contributed by atoms with E-state index in [1.165, 1.54) is 60.5 Å². The van der Waals surface area contributed by atoms with E-state index in [1.54, 1.807) is 12.1 Å². The average molecular weight is 594 g/mol. The first-order valence-electron chi connectivity index (χ1n) is 14.5. The maximum atomic E-state index is 12.6. The molecule has 3 rings (SSSR count). The van der Waals surface area contributed by atoms with E-state index in [9.17, 15) is 8.78 Å². The largest absolute Gasteiger partial charge is 0.371 e. The van der Waals surface area contributed by atoms with Gasteiger partial charge in [-0.25, -0.2) is 8.78 Å². The Morgan fingerprint density at radius 1 is 1.05 bits per heavy atom. The molecule has 0 atom stereocenters. The first kappa shape index (κ1) is 39.2. The molecule has 1 heterocycles. The summed E-state index contributed by atoms with van der Waals surface area (Å²) in [5.74, 6) is -0.913. The molecule has 0 saturated carbocycles. The summed E-state index contributed by atoms with van der Waals surface area (Å²) in [5, 5.41) is 3.72. The van der Waals surface area contributed by atoms with Crippen molar-refractivity contribution in [2.75, 3.05) is 33.7 Å². The van der Waals surface area contributed by atoms with E-state index >= 15 is 0 Å². The minimum atomic E-state index is -2.71. The molecule has 0 radical (unpaired) electrons. The highest BCUT2D eigenvalue weighted by atomic mass is 19.3. The van der Waals surface area contributed by atoms with Crippen LogP contribution in [0, 0.1) is 19.8 Å². The number of nitrogens with one attached hydrogen (secondary N) is 1. The molecule has 1 saturated heterocycles. The molecule has 1 aliphatic rings. The van der Waals surface area contributed by atoms with Gasteiger partial charge < -0.3 is 19.9 Å². The van der Waals surface area contributed by atoms with Gasteiger partial charge in [0.1, 0.15) is 12.6 Å². The number of benzene rings is 2. The van der Waals surface area contributed by atoms with E-state index in [4.69, 9.17) is 4.79 Å². The number of hydrogen-bond donors (Lipinski definition) is 1. The van der Waals surface area contributed by atoms with Crippen molar-refractivity contribution < 1.29 is 13.6 Å². The first-order valence-corrected chi connectivity index (χ1v) is 14.5. The Hall–Kier alpha value is -3.77. The predicted molar refractivity (Wildman–Crippen MR) is 182 cm³/mol. The van der Waals surface area contributed by atoms with Crippen LogP contribution >= 0.6 is 0 Å². The topological polar surface area (TPSA) is 35.6 Å².